The van der Waals surface area contributed by atoms with E-state index in [0.29, 0.717) is 0 Å². The predicted molar refractivity (Wildman–Crippen MR) is 235 cm³/mol. The Labute approximate surface area is 332 Å². The van der Waals surface area contributed by atoms with Crippen molar-refractivity contribution in [1.29, 1.82) is 0 Å². The highest BCUT2D eigenvalue weighted by Gasteiger charge is 2.36. The van der Waals surface area contributed by atoms with E-state index >= 15 is 0 Å². The molecule has 0 aromatic heterocycles. The van der Waals surface area contributed by atoms with Gasteiger partial charge in [0.2, 0.25) is 0 Å². The molecule has 0 fully saturated rings. The molecule has 0 atom stereocenters. The Morgan fingerprint density at radius 3 is 1.53 bits per heavy atom. The lowest BCUT2D eigenvalue weighted by molar-refractivity contribution is 0.455. The van der Waals surface area contributed by atoms with Crippen molar-refractivity contribution in [1.82, 2.24) is 0 Å². The average molecular weight is 760 g/mol. The Hall–Kier alpha value is -5.72. The van der Waals surface area contributed by atoms with Gasteiger partial charge in [0.15, 0.2) is 0 Å². The molecule has 0 aliphatic carbocycles. The van der Waals surface area contributed by atoms with Crippen molar-refractivity contribution in [2.24, 2.45) is 0 Å². The summed E-state index contributed by atoms with van der Waals surface area (Å²) in [6.07, 6.45) is 0. The van der Waals surface area contributed by atoms with E-state index in [1.54, 1.807) is 11.8 Å². The normalized spacial score (nSPS) is 13.4. The fourth-order valence-corrected chi connectivity index (χ4v) is 14.6. The van der Waals surface area contributed by atoms with Gasteiger partial charge in [-0.2, -0.15) is 0 Å². The van der Waals surface area contributed by atoms with Crippen LogP contribution in [-0.4, -0.2) is 8.07 Å². The molecule has 55 heavy (non-hydrogen) atoms. The van der Waals surface area contributed by atoms with Crippen LogP contribution in [0.15, 0.2) is 208 Å². The van der Waals surface area contributed by atoms with Crippen molar-refractivity contribution in [2.45, 2.75) is 32.7 Å². The molecule has 5 heteroatoms. The van der Waals surface area contributed by atoms with E-state index in [0.717, 1.165) is 43.9 Å². The van der Waals surface area contributed by atoms with Crippen molar-refractivity contribution >= 4 is 59.0 Å². The van der Waals surface area contributed by atoms with Gasteiger partial charge >= 0.3 is 0 Å². The van der Waals surface area contributed by atoms with Crippen molar-refractivity contribution in [3.05, 3.63) is 188 Å². The lowest BCUT2D eigenvalue weighted by atomic mass is 10.0. The van der Waals surface area contributed by atoms with Crippen LogP contribution in [0.2, 0.25) is 13.1 Å². The van der Waals surface area contributed by atoms with Crippen molar-refractivity contribution < 1.29 is 4.74 Å². The molecule has 0 bridgehead atoms. The van der Waals surface area contributed by atoms with E-state index in [9.17, 15) is 0 Å². The number of rotatable bonds is 6. The zero-order valence-corrected chi connectivity index (χ0v) is 33.2. The molecule has 0 radical (unpaired) electrons. The second kappa shape index (κ2) is 13.8. The SMILES string of the molecule is C[Si]1(C)c2ccccc2Sc2c(-c3ccc(N(c4ccc(-c5ccccc5)cc4)c4ccc(-c5cccc6c5Sc5ccccc5O6)cc4)cc3)cccc21. The Balaban J connectivity index is 1.02. The summed E-state index contributed by atoms with van der Waals surface area (Å²) in [7, 11) is -1.83. The smallest absolute Gasteiger partial charge is 0.142 e. The molecular formula is C50H37NOS2Si. The van der Waals surface area contributed by atoms with Crippen molar-refractivity contribution in [3.63, 3.8) is 0 Å². The second-order valence-electron chi connectivity index (χ2n) is 14.5. The van der Waals surface area contributed by atoms with Gasteiger partial charge in [0.25, 0.3) is 0 Å². The zero-order valence-electron chi connectivity index (χ0n) is 30.6. The predicted octanol–water partition coefficient (Wildman–Crippen LogP) is 13.7. The van der Waals surface area contributed by atoms with Crippen LogP contribution in [0.25, 0.3) is 33.4 Å². The summed E-state index contributed by atoms with van der Waals surface area (Å²) in [5.41, 5.74) is 10.6. The van der Waals surface area contributed by atoms with Crippen LogP contribution in [0.3, 0.4) is 0 Å². The van der Waals surface area contributed by atoms with Crippen LogP contribution in [0, 0.1) is 0 Å². The number of benzene rings is 8. The molecule has 0 saturated carbocycles. The first-order valence-corrected chi connectivity index (χ1v) is 23.3. The Morgan fingerprint density at radius 1 is 0.382 bits per heavy atom. The summed E-state index contributed by atoms with van der Waals surface area (Å²) in [4.78, 5) is 7.45. The van der Waals surface area contributed by atoms with Crippen LogP contribution < -0.4 is 20.0 Å². The van der Waals surface area contributed by atoms with E-state index in [4.69, 9.17) is 4.74 Å². The molecule has 0 unspecified atom stereocenters. The molecule has 2 aliphatic heterocycles. The first kappa shape index (κ1) is 33.8. The first-order valence-electron chi connectivity index (χ1n) is 18.7. The van der Waals surface area contributed by atoms with E-state index in [1.807, 2.05) is 23.9 Å². The number of anilines is 3. The number of hydrogen-bond acceptors (Lipinski definition) is 4. The number of ether oxygens (including phenoxy) is 1. The maximum Gasteiger partial charge on any atom is 0.142 e. The monoisotopic (exact) mass is 759 g/mol. The van der Waals surface area contributed by atoms with Crippen LogP contribution in [0.4, 0.5) is 17.1 Å². The van der Waals surface area contributed by atoms with Crippen LogP contribution in [0.1, 0.15) is 0 Å². The molecule has 0 N–H and O–H groups in total. The van der Waals surface area contributed by atoms with Crippen LogP contribution in [0.5, 0.6) is 11.5 Å². The van der Waals surface area contributed by atoms with Gasteiger partial charge in [-0.05, 0) is 104 Å². The fourth-order valence-electron chi connectivity index (χ4n) is 7.93. The van der Waals surface area contributed by atoms with Gasteiger partial charge in [0, 0.05) is 26.9 Å². The minimum Gasteiger partial charge on any atom is -0.455 e. The van der Waals surface area contributed by atoms with Crippen molar-refractivity contribution in [3.8, 4) is 44.9 Å². The maximum atomic E-state index is 6.33. The number of hydrogen-bond donors (Lipinski definition) is 0. The summed E-state index contributed by atoms with van der Waals surface area (Å²) in [6, 6.07) is 68.1. The summed E-state index contributed by atoms with van der Waals surface area (Å²) >= 11 is 3.71. The first-order chi connectivity index (χ1) is 27.0. The third-order valence-corrected chi connectivity index (χ3v) is 17.1. The molecule has 0 spiro atoms. The fraction of sp³-hybridized carbons (Fsp3) is 0.0400. The zero-order chi connectivity index (χ0) is 36.9. The molecule has 10 rings (SSSR count). The van der Waals surface area contributed by atoms with Gasteiger partial charge in [-0.1, -0.05) is 164 Å². The molecule has 264 valence electrons. The van der Waals surface area contributed by atoms with Crippen LogP contribution in [-0.2, 0) is 0 Å². The van der Waals surface area contributed by atoms with Gasteiger partial charge in [-0.15, -0.1) is 0 Å². The highest BCUT2D eigenvalue weighted by atomic mass is 32.2. The summed E-state index contributed by atoms with van der Waals surface area (Å²) in [6.45, 7) is 4.98. The summed E-state index contributed by atoms with van der Waals surface area (Å²) in [5, 5.41) is 3.05. The highest BCUT2D eigenvalue weighted by molar-refractivity contribution is 8.00. The highest BCUT2D eigenvalue weighted by Crippen LogP contribution is 2.51. The minimum absolute atomic E-state index is 0.902. The minimum atomic E-state index is -1.83. The van der Waals surface area contributed by atoms with E-state index in [1.165, 1.54) is 48.0 Å². The van der Waals surface area contributed by atoms with Gasteiger partial charge in [-0.3, -0.25) is 0 Å². The Bertz CT molecular complexity index is 2690. The third kappa shape index (κ3) is 6.09. The van der Waals surface area contributed by atoms with Gasteiger partial charge in [0.1, 0.15) is 19.6 Å². The van der Waals surface area contributed by atoms with E-state index < -0.39 is 8.07 Å². The maximum absolute atomic E-state index is 6.33. The molecule has 8 aromatic carbocycles. The molecule has 0 saturated heterocycles. The van der Waals surface area contributed by atoms with E-state index in [-0.39, 0.29) is 0 Å². The summed E-state index contributed by atoms with van der Waals surface area (Å²) in [5.74, 6) is 1.81. The molecule has 8 aromatic rings. The van der Waals surface area contributed by atoms with E-state index in [2.05, 4.69) is 194 Å². The van der Waals surface area contributed by atoms with Crippen molar-refractivity contribution in [2.75, 3.05) is 4.90 Å². The Kier molecular flexibility index (Phi) is 8.51. The van der Waals surface area contributed by atoms with Crippen LogP contribution >= 0.6 is 23.5 Å². The lowest BCUT2D eigenvalue weighted by Gasteiger charge is -2.34. The quantitative estimate of drug-likeness (QED) is 0.156. The largest absolute Gasteiger partial charge is 0.455 e. The third-order valence-electron chi connectivity index (χ3n) is 10.8. The molecule has 2 nitrogen and oxygen atoms in total. The lowest BCUT2D eigenvalue weighted by Crippen LogP contribution is -2.56. The topological polar surface area (TPSA) is 12.5 Å². The average Bonchev–Trinajstić information content (AvgIpc) is 3.24. The van der Waals surface area contributed by atoms with Gasteiger partial charge < -0.3 is 9.64 Å². The molecule has 2 aliphatic rings. The second-order valence-corrected chi connectivity index (χ2v) is 21.0. The summed E-state index contributed by atoms with van der Waals surface area (Å²) < 4.78 is 6.33. The number of para-hydroxylation sites is 1. The van der Waals surface area contributed by atoms with Gasteiger partial charge in [0.05, 0.1) is 9.79 Å². The molecular weight excluding hydrogens is 723 g/mol. The molecule has 2 heterocycles. The molecule has 0 amide bonds. The number of fused-ring (bicyclic) bond motifs is 4. The van der Waals surface area contributed by atoms with Gasteiger partial charge in [-0.25, -0.2) is 0 Å². The number of nitrogens with zero attached hydrogens (tertiary/aromatic N) is 1. The Morgan fingerprint density at radius 2 is 0.855 bits per heavy atom. The standard InChI is InChI=1S/C50H37NOS2Si/c1-55(2)47-20-9-8-19-46(47)54-50-42(15-11-21-48(50)55)37-26-32-40(33-27-37)51(38-28-22-35(23-29-38)34-12-4-3-5-13-34)39-30-24-36(25-31-39)41-14-10-17-44-49(41)53-45-18-7-6-16-43(45)52-44/h3-33H,1-2H3.